The molecule has 102 valence electrons. The zero-order chi connectivity index (χ0) is 12.2. The van der Waals surface area contributed by atoms with Gasteiger partial charge in [-0.2, -0.15) is 0 Å². The fourth-order valence-electron chi connectivity index (χ4n) is 1.75. The quantitative estimate of drug-likeness (QED) is 0.607. The maximum atomic E-state index is 4.59. The van der Waals surface area contributed by atoms with Gasteiger partial charge in [-0.15, -0.1) is 0 Å². The van der Waals surface area contributed by atoms with Gasteiger partial charge in [-0.3, -0.25) is 9.97 Å². The molecule has 0 bridgehead atoms. The molecule has 4 nitrogen and oxygen atoms in total. The zero-order valence-electron chi connectivity index (χ0n) is 10.5. The van der Waals surface area contributed by atoms with Gasteiger partial charge in [0, 0.05) is 12.4 Å². The van der Waals surface area contributed by atoms with Gasteiger partial charge in [-0.25, -0.2) is 4.98 Å². The third-order valence-electron chi connectivity index (χ3n) is 2.60. The van der Waals surface area contributed by atoms with Gasteiger partial charge >= 0.3 is 21.1 Å². The Morgan fingerprint density at radius 2 is 1.00 bits per heavy atom. The van der Waals surface area contributed by atoms with Crippen molar-refractivity contribution < 1.29 is 26.5 Å². The predicted octanol–water partition coefficient (Wildman–Crippen LogP) is 2.38. The third-order valence-corrected chi connectivity index (χ3v) is 2.60. The van der Waals surface area contributed by atoms with Gasteiger partial charge in [0.05, 0.1) is 22.8 Å². The van der Waals surface area contributed by atoms with Crippen molar-refractivity contribution in [3.63, 3.8) is 0 Å². The van der Waals surface area contributed by atoms with Crippen LogP contribution >= 0.6 is 0 Å². The Labute approximate surface area is 131 Å². The minimum absolute atomic E-state index is 0. The fraction of sp³-hybridized carbons (Fsp3) is 0. The number of aromatic nitrogens is 3. The van der Waals surface area contributed by atoms with E-state index in [1.165, 1.54) is 0 Å². The number of rotatable bonds is 2. The molecule has 0 radical (unpaired) electrons. The Kier molecular flexibility index (Phi) is 6.16. The molecule has 20 heavy (non-hydrogen) atoms. The van der Waals surface area contributed by atoms with Crippen molar-refractivity contribution in [2.75, 3.05) is 0 Å². The van der Waals surface area contributed by atoms with Gasteiger partial charge in [-0.1, -0.05) is 18.2 Å². The first kappa shape index (κ1) is 16.2. The summed E-state index contributed by atoms with van der Waals surface area (Å²) in [6.07, 6.45) is 3.54. The molecule has 0 atom stereocenters. The third kappa shape index (κ3) is 3.56. The minimum atomic E-state index is 0. The van der Waals surface area contributed by atoms with E-state index in [0.717, 1.165) is 22.8 Å². The van der Waals surface area contributed by atoms with Gasteiger partial charge < -0.3 is 5.48 Å². The second-order valence-electron chi connectivity index (χ2n) is 3.84. The van der Waals surface area contributed by atoms with Crippen LogP contribution in [0.3, 0.4) is 0 Å². The monoisotopic (exact) mass is 446 g/mol. The Bertz CT molecular complexity index is 593. The molecule has 3 aromatic heterocycles. The summed E-state index contributed by atoms with van der Waals surface area (Å²) >= 11 is 0. The number of hydrogen-bond donors (Lipinski definition) is 0. The maximum Gasteiger partial charge on any atom is 2.00 e. The summed E-state index contributed by atoms with van der Waals surface area (Å²) in [6, 6.07) is 17.5. The second kappa shape index (κ2) is 7.63. The van der Waals surface area contributed by atoms with E-state index in [0.29, 0.717) is 0 Å². The first-order valence-corrected chi connectivity index (χ1v) is 5.73. The molecule has 3 aromatic rings. The van der Waals surface area contributed by atoms with E-state index >= 15 is 0 Å². The van der Waals surface area contributed by atoms with Crippen LogP contribution < -0.4 is 0 Å². The molecule has 0 aliphatic rings. The topological polar surface area (TPSA) is 70.2 Å². The van der Waals surface area contributed by atoms with Crippen molar-refractivity contribution in [3.05, 3.63) is 67.0 Å². The first-order chi connectivity index (χ1) is 8.93. The van der Waals surface area contributed by atoms with Gasteiger partial charge in [0.15, 0.2) is 0 Å². The van der Waals surface area contributed by atoms with Gasteiger partial charge in [0.25, 0.3) is 0 Å². The summed E-state index contributed by atoms with van der Waals surface area (Å²) in [5, 5.41) is 0. The molecule has 0 aromatic carbocycles. The predicted molar refractivity (Wildman–Crippen MR) is 74.3 cm³/mol. The van der Waals surface area contributed by atoms with Gasteiger partial charge in [-0.05, 0) is 36.4 Å². The van der Waals surface area contributed by atoms with Crippen molar-refractivity contribution >= 4 is 0 Å². The maximum absolute atomic E-state index is 4.59. The largest absolute Gasteiger partial charge is 2.00 e. The molecule has 0 amide bonds. The number of nitrogens with zero attached hydrogens (tertiary/aromatic N) is 3. The van der Waals surface area contributed by atoms with Crippen molar-refractivity contribution in [2.45, 2.75) is 0 Å². The van der Waals surface area contributed by atoms with Crippen LogP contribution in [0.1, 0.15) is 0 Å². The molecule has 0 aliphatic heterocycles. The van der Waals surface area contributed by atoms with Crippen molar-refractivity contribution in [1.82, 2.24) is 15.0 Å². The molecule has 0 saturated heterocycles. The van der Waals surface area contributed by atoms with Crippen molar-refractivity contribution in [1.29, 1.82) is 0 Å². The average Bonchev–Trinajstić information content (AvgIpc) is 2.49. The summed E-state index contributed by atoms with van der Waals surface area (Å²) in [5.74, 6) is 0. The van der Waals surface area contributed by atoms with E-state index in [1.807, 2.05) is 54.6 Å². The van der Waals surface area contributed by atoms with Crippen LogP contribution in [-0.2, 0) is 21.1 Å². The SMILES string of the molecule is O.[Pt+2].c1ccc(-c2cccc(-c3ccccn3)n2)nc1. The summed E-state index contributed by atoms with van der Waals surface area (Å²) < 4.78 is 0. The van der Waals surface area contributed by atoms with Crippen LogP contribution in [0.15, 0.2) is 67.0 Å². The van der Waals surface area contributed by atoms with Crippen molar-refractivity contribution in [2.24, 2.45) is 0 Å². The van der Waals surface area contributed by atoms with Crippen LogP contribution in [0.5, 0.6) is 0 Å². The van der Waals surface area contributed by atoms with Crippen LogP contribution in [0.4, 0.5) is 0 Å². The second-order valence-corrected chi connectivity index (χ2v) is 3.84. The van der Waals surface area contributed by atoms with E-state index < -0.39 is 0 Å². The normalized spacial score (nSPS) is 9.20. The van der Waals surface area contributed by atoms with E-state index in [2.05, 4.69) is 15.0 Å². The summed E-state index contributed by atoms with van der Waals surface area (Å²) in [6.45, 7) is 0. The summed E-state index contributed by atoms with van der Waals surface area (Å²) in [5.41, 5.74) is 3.46. The fourth-order valence-corrected chi connectivity index (χ4v) is 1.75. The van der Waals surface area contributed by atoms with Crippen molar-refractivity contribution in [3.8, 4) is 22.8 Å². The molecule has 3 rings (SSSR count). The molecule has 5 heteroatoms. The number of pyridine rings is 3. The Hall–Kier alpha value is -1.90. The van der Waals surface area contributed by atoms with Gasteiger partial charge in [0.1, 0.15) is 0 Å². The standard InChI is InChI=1S/C15H11N3.H2O.Pt/c1-3-10-16-12(6-1)14-8-5-9-15(18-14)13-7-2-4-11-17-13;;/h1-11H;1H2;/q;;+2. The zero-order valence-corrected chi connectivity index (χ0v) is 12.8. The average molecular weight is 446 g/mol. The van der Waals surface area contributed by atoms with Crippen LogP contribution in [0, 0.1) is 0 Å². The Morgan fingerprint density at radius 1 is 0.550 bits per heavy atom. The van der Waals surface area contributed by atoms with E-state index in [9.17, 15) is 0 Å². The van der Waals surface area contributed by atoms with E-state index in [1.54, 1.807) is 12.4 Å². The Morgan fingerprint density at radius 3 is 1.40 bits per heavy atom. The number of hydrogen-bond acceptors (Lipinski definition) is 3. The molecule has 0 spiro atoms. The molecular formula is C15H13N3OPt+2. The molecule has 0 unspecified atom stereocenters. The smallest absolute Gasteiger partial charge is 0.412 e. The minimum Gasteiger partial charge on any atom is -0.412 e. The van der Waals surface area contributed by atoms with Crippen LogP contribution in [0.25, 0.3) is 22.8 Å². The molecule has 0 fully saturated rings. The van der Waals surface area contributed by atoms with Gasteiger partial charge in [0.2, 0.25) is 0 Å². The molecule has 0 aliphatic carbocycles. The first-order valence-electron chi connectivity index (χ1n) is 5.73. The molecule has 3 heterocycles. The molecule has 2 N–H and O–H groups in total. The summed E-state index contributed by atoms with van der Waals surface area (Å²) in [4.78, 5) is 13.2. The van der Waals surface area contributed by atoms with E-state index in [4.69, 9.17) is 0 Å². The van der Waals surface area contributed by atoms with E-state index in [-0.39, 0.29) is 26.5 Å². The molecular weight excluding hydrogens is 433 g/mol. The van der Waals surface area contributed by atoms with Crippen LogP contribution in [-0.4, -0.2) is 20.4 Å². The Balaban J connectivity index is 0.000001000. The molecule has 0 saturated carbocycles. The van der Waals surface area contributed by atoms with Crippen LogP contribution in [0.2, 0.25) is 0 Å². The summed E-state index contributed by atoms with van der Waals surface area (Å²) in [7, 11) is 0.